The van der Waals surface area contributed by atoms with E-state index in [2.05, 4.69) is 25.1 Å². The van der Waals surface area contributed by atoms with Crippen molar-refractivity contribution in [3.8, 4) is 0 Å². The molecular weight excluding hydrogens is 514 g/mol. The van der Waals surface area contributed by atoms with Crippen molar-refractivity contribution in [1.82, 2.24) is 29.7 Å². The van der Waals surface area contributed by atoms with Gasteiger partial charge in [0.25, 0.3) is 0 Å². The first-order valence-corrected chi connectivity index (χ1v) is 13.1. The Hall–Kier alpha value is -3.06. The van der Waals surface area contributed by atoms with E-state index >= 15 is 0 Å². The minimum Gasteiger partial charge on any atom is -0.480 e. The molecule has 15 heteroatoms. The van der Waals surface area contributed by atoms with Crippen LogP contribution in [-0.2, 0) is 26.8 Å². The molecule has 0 saturated carbocycles. The second kappa shape index (κ2) is 10.7. The number of imidazole rings is 1. The van der Waals surface area contributed by atoms with Gasteiger partial charge in [-0.2, -0.15) is 13.2 Å². The lowest BCUT2D eigenvalue weighted by atomic mass is 10.1. The highest BCUT2D eigenvalue weighted by Crippen LogP contribution is 2.42. The maximum Gasteiger partial charge on any atom is 0.416 e. The van der Waals surface area contributed by atoms with Crippen LogP contribution < -0.4 is 15.9 Å². The van der Waals surface area contributed by atoms with Crippen molar-refractivity contribution in [3.05, 3.63) is 48.0 Å². The summed E-state index contributed by atoms with van der Waals surface area (Å²) in [5.74, 6) is -1.02. The average Bonchev–Trinajstić information content (AvgIpc) is 3.21. The third-order valence-electron chi connectivity index (χ3n) is 5.56. The molecule has 0 aliphatic rings. The van der Waals surface area contributed by atoms with Crippen molar-refractivity contribution in [2.75, 3.05) is 12.1 Å². The Kier molecular flexibility index (Phi) is 8.27. The summed E-state index contributed by atoms with van der Waals surface area (Å²) in [7, 11) is -3.76. The zero-order chi connectivity index (χ0) is 27.6. The number of nitrogen functional groups attached to an aromatic ring is 1. The van der Waals surface area contributed by atoms with E-state index < -0.39 is 49.2 Å². The first-order chi connectivity index (χ1) is 17.1. The van der Waals surface area contributed by atoms with Gasteiger partial charge in [-0.25, -0.2) is 25.1 Å². The molecule has 0 aliphatic carbocycles. The molecule has 2 aromatic heterocycles. The monoisotopic (exact) mass is 543 g/mol. The zero-order valence-corrected chi connectivity index (χ0v) is 21.5. The van der Waals surface area contributed by atoms with Gasteiger partial charge in [-0.1, -0.05) is 12.1 Å². The highest BCUT2D eigenvalue weighted by atomic mass is 31.2. The number of nitrogens with one attached hydrogen (secondary N) is 2. The van der Waals surface area contributed by atoms with Gasteiger partial charge in [0, 0.05) is 6.04 Å². The third-order valence-corrected chi connectivity index (χ3v) is 7.80. The van der Waals surface area contributed by atoms with Crippen molar-refractivity contribution in [1.29, 1.82) is 0 Å². The molecule has 0 aliphatic heterocycles. The summed E-state index contributed by atoms with van der Waals surface area (Å²) in [5, 5.41) is 15.0. The first kappa shape index (κ1) is 28.5. The third kappa shape index (κ3) is 7.04. The van der Waals surface area contributed by atoms with E-state index in [4.69, 9.17) is 10.5 Å². The molecule has 3 rings (SSSR count). The molecule has 0 fully saturated rings. The zero-order valence-electron chi connectivity index (χ0n) is 20.7. The van der Waals surface area contributed by atoms with Gasteiger partial charge in [0.2, 0.25) is 7.44 Å². The number of hydrogen-bond donors (Lipinski definition) is 4. The van der Waals surface area contributed by atoms with Gasteiger partial charge in [-0.05, 0) is 45.4 Å². The van der Waals surface area contributed by atoms with Gasteiger partial charge in [-0.15, -0.1) is 0 Å². The summed E-state index contributed by atoms with van der Waals surface area (Å²) >= 11 is 0. The lowest BCUT2D eigenvalue weighted by Gasteiger charge is -2.32. The van der Waals surface area contributed by atoms with Crippen LogP contribution >= 0.6 is 7.44 Å². The number of carbonyl (C=O) groups is 1. The van der Waals surface area contributed by atoms with Crippen molar-refractivity contribution in [3.63, 3.8) is 0 Å². The minimum atomic E-state index is -4.49. The fraction of sp³-hybridized carbons (Fsp3) is 0.455. The second-order valence-electron chi connectivity index (χ2n) is 9.19. The number of anilines is 1. The summed E-state index contributed by atoms with van der Waals surface area (Å²) in [4.78, 5) is 23.9. The Balaban J connectivity index is 1.75. The van der Waals surface area contributed by atoms with Crippen molar-refractivity contribution in [2.45, 2.75) is 58.1 Å². The van der Waals surface area contributed by atoms with Crippen LogP contribution in [0, 0.1) is 0 Å². The number of carboxylic acids is 1. The van der Waals surface area contributed by atoms with Crippen LogP contribution in [0.5, 0.6) is 0 Å². The van der Waals surface area contributed by atoms with Gasteiger partial charge < -0.3 is 20.1 Å². The number of halogens is 3. The van der Waals surface area contributed by atoms with Crippen LogP contribution in [0.15, 0.2) is 36.9 Å². The number of hydrogen-bond acceptors (Lipinski definition) is 7. The first-order valence-electron chi connectivity index (χ1n) is 11.2. The van der Waals surface area contributed by atoms with Gasteiger partial charge in [-0.3, -0.25) is 9.36 Å². The van der Waals surface area contributed by atoms with Crippen molar-refractivity contribution in [2.24, 2.45) is 0 Å². The Morgan fingerprint density at radius 2 is 1.84 bits per heavy atom. The molecular formula is C22H29F3N7O4P. The highest BCUT2D eigenvalue weighted by Gasteiger charge is 2.37. The molecule has 0 unspecified atom stereocenters. The predicted octanol–water partition coefficient (Wildman–Crippen LogP) is 3.79. The number of nitrogens with zero attached hydrogens (tertiary/aromatic N) is 4. The van der Waals surface area contributed by atoms with Gasteiger partial charge >= 0.3 is 12.1 Å². The topological polar surface area (TPSA) is 157 Å². The fourth-order valence-corrected chi connectivity index (χ4v) is 5.98. The van der Waals surface area contributed by atoms with Crippen molar-refractivity contribution < 1.29 is 32.4 Å². The molecule has 0 spiro atoms. The molecule has 0 bridgehead atoms. The van der Waals surface area contributed by atoms with E-state index in [9.17, 15) is 27.6 Å². The molecule has 1 aromatic carbocycles. The van der Waals surface area contributed by atoms with Crippen LogP contribution in [0.3, 0.4) is 0 Å². The smallest absolute Gasteiger partial charge is 0.416 e. The number of nitrogens with two attached hydrogens (primary N) is 1. The van der Waals surface area contributed by atoms with E-state index in [1.807, 2.05) is 0 Å². The molecule has 2 heterocycles. The largest absolute Gasteiger partial charge is 0.480 e. The van der Waals surface area contributed by atoms with Crippen molar-refractivity contribution >= 4 is 30.4 Å². The lowest BCUT2D eigenvalue weighted by molar-refractivity contribution is -0.142. The maximum absolute atomic E-state index is 13.9. The van der Waals surface area contributed by atoms with Crippen LogP contribution in [-0.4, -0.2) is 48.6 Å². The Labute approximate surface area is 211 Å². The van der Waals surface area contributed by atoms with Gasteiger partial charge in [0.15, 0.2) is 11.5 Å². The number of alkyl halides is 3. The molecule has 11 nitrogen and oxygen atoms in total. The summed E-state index contributed by atoms with van der Waals surface area (Å²) < 4.78 is 60.1. The molecule has 202 valence electrons. The normalized spacial score (nSPS) is 15.9. The molecule has 0 amide bonds. The highest BCUT2D eigenvalue weighted by molar-refractivity contribution is 7.59. The number of aromatic nitrogens is 4. The van der Waals surface area contributed by atoms with E-state index in [1.165, 1.54) is 38.6 Å². The fourth-order valence-electron chi connectivity index (χ4n) is 3.54. The molecule has 0 saturated heterocycles. The predicted molar refractivity (Wildman–Crippen MR) is 131 cm³/mol. The number of fused-ring (bicyclic) bond motifs is 1. The molecule has 37 heavy (non-hydrogen) atoms. The number of aliphatic carboxylic acids is 1. The molecule has 5 N–H and O–H groups in total. The van der Waals surface area contributed by atoms with Crippen LogP contribution in [0.2, 0.25) is 0 Å². The van der Waals surface area contributed by atoms with E-state index in [-0.39, 0.29) is 12.4 Å². The Bertz CT molecular complexity index is 1300. The van der Waals surface area contributed by atoms with E-state index in [1.54, 1.807) is 18.4 Å². The number of carboxylic acid groups (broad SMARTS) is 1. The summed E-state index contributed by atoms with van der Waals surface area (Å²) in [6.45, 7) is 6.29. The Morgan fingerprint density at radius 3 is 2.43 bits per heavy atom. The van der Waals surface area contributed by atoms with Gasteiger partial charge in [0.1, 0.15) is 23.7 Å². The molecule has 3 aromatic rings. The quantitative estimate of drug-likeness (QED) is 0.262. The summed E-state index contributed by atoms with van der Waals surface area (Å²) in [5.41, 5.74) is 4.75. The van der Waals surface area contributed by atoms with Crippen LogP contribution in [0.25, 0.3) is 11.2 Å². The minimum absolute atomic E-state index is 0.225. The SMILES string of the molecule is C[C@H](Cn1cnc2c(N)ncnc21)OC[P@](=O)(N[C@H](C)c1ccc(C(F)(F)F)cc1)NC(C)(C)C(=O)O. The van der Waals surface area contributed by atoms with Crippen LogP contribution in [0.1, 0.15) is 44.9 Å². The van der Waals surface area contributed by atoms with Gasteiger partial charge in [0.05, 0.1) is 24.5 Å². The maximum atomic E-state index is 13.9. The summed E-state index contributed by atoms with van der Waals surface area (Å²) in [6.07, 6.45) is -2.58. The Morgan fingerprint density at radius 1 is 1.19 bits per heavy atom. The number of ether oxygens (including phenoxy) is 1. The number of rotatable bonds is 11. The number of benzene rings is 1. The lowest BCUT2D eigenvalue weighted by Crippen LogP contribution is -2.47. The molecule has 0 radical (unpaired) electrons. The summed E-state index contributed by atoms with van der Waals surface area (Å²) in [6, 6.07) is 3.71. The van der Waals surface area contributed by atoms with E-state index in [0.29, 0.717) is 16.7 Å². The van der Waals surface area contributed by atoms with E-state index in [0.717, 1.165) is 12.1 Å². The second-order valence-corrected chi connectivity index (χ2v) is 11.4. The van der Waals surface area contributed by atoms with Crippen LogP contribution in [0.4, 0.5) is 19.0 Å². The average molecular weight is 543 g/mol. The molecule has 3 atom stereocenters. The standard InChI is InChI=1S/C22H29F3N7O4P/c1-13(9-32-11-29-17-18(26)27-10-28-19(17)32)36-12-37(35,31-21(3,4)20(33)34)30-14(2)15-5-7-16(8-6-15)22(23,24)25/h5-8,10-11,13-14H,9,12H2,1-4H3,(H,33,34)(H2,26,27,28)(H2,30,31,35)/t13-,14-,37+/m1/s1.